The summed E-state index contributed by atoms with van der Waals surface area (Å²) in [6.45, 7) is 4.83. The van der Waals surface area contributed by atoms with Crippen molar-refractivity contribution in [2.45, 2.75) is 38.4 Å². The van der Waals surface area contributed by atoms with Crippen LogP contribution < -0.4 is 9.47 Å². The van der Waals surface area contributed by atoms with Crippen LogP contribution in [0, 0.1) is 0 Å². The molecule has 8 nitrogen and oxygen atoms in total. The number of hydrogen-bond acceptors (Lipinski definition) is 6. The molecule has 0 aliphatic carbocycles. The van der Waals surface area contributed by atoms with Gasteiger partial charge in [0.25, 0.3) is 0 Å². The lowest BCUT2D eigenvalue weighted by Crippen LogP contribution is -2.48. The third-order valence-corrected chi connectivity index (χ3v) is 5.61. The summed E-state index contributed by atoms with van der Waals surface area (Å²) < 4.78 is 16.5. The fraction of sp³-hybridized carbons (Fsp3) is 0.417. The van der Waals surface area contributed by atoms with Crippen LogP contribution in [0.15, 0.2) is 36.4 Å². The summed E-state index contributed by atoms with van der Waals surface area (Å²) >= 11 is 0. The number of rotatable bonds is 7. The summed E-state index contributed by atoms with van der Waals surface area (Å²) in [5.41, 5.74) is 1.27. The molecule has 2 aromatic carbocycles. The Bertz CT molecular complexity index is 963. The maximum atomic E-state index is 13.3. The van der Waals surface area contributed by atoms with E-state index < -0.39 is 11.9 Å². The van der Waals surface area contributed by atoms with Gasteiger partial charge in [0.05, 0.1) is 32.0 Å². The maximum absolute atomic E-state index is 13.3. The van der Waals surface area contributed by atoms with E-state index in [1.807, 2.05) is 13.8 Å². The predicted octanol–water partition coefficient (Wildman–Crippen LogP) is 3.27. The molecule has 3 rings (SSSR count). The van der Waals surface area contributed by atoms with Crippen LogP contribution in [0.5, 0.6) is 17.2 Å². The minimum atomic E-state index is -1.04. The number of carboxylic acids is 1. The molecular formula is C24H29NO7. The SMILES string of the molecule is COc1cc(O)c(C(CC(=O)N2C[C@@H](C)O[C@@H](C)C2)c2ccc(C(=O)O)cc2)c(OC)c1. The molecule has 32 heavy (non-hydrogen) atoms. The number of aromatic carboxylic acids is 1. The highest BCUT2D eigenvalue weighted by molar-refractivity contribution is 5.87. The smallest absolute Gasteiger partial charge is 0.335 e. The highest BCUT2D eigenvalue weighted by Crippen LogP contribution is 2.43. The van der Waals surface area contributed by atoms with E-state index in [1.165, 1.54) is 32.4 Å². The van der Waals surface area contributed by atoms with E-state index in [0.717, 1.165) is 0 Å². The van der Waals surface area contributed by atoms with E-state index in [0.29, 0.717) is 35.7 Å². The lowest BCUT2D eigenvalue weighted by atomic mass is 9.86. The molecule has 1 aliphatic rings. The Morgan fingerprint density at radius 1 is 1.09 bits per heavy atom. The van der Waals surface area contributed by atoms with Crippen molar-refractivity contribution in [1.29, 1.82) is 0 Å². The van der Waals surface area contributed by atoms with Crippen molar-refractivity contribution in [2.75, 3.05) is 27.3 Å². The molecule has 0 radical (unpaired) electrons. The molecule has 2 N–H and O–H groups in total. The minimum absolute atomic E-state index is 0.0648. The van der Waals surface area contributed by atoms with Gasteiger partial charge in [-0.25, -0.2) is 4.79 Å². The van der Waals surface area contributed by atoms with Crippen LogP contribution in [0.3, 0.4) is 0 Å². The van der Waals surface area contributed by atoms with Crippen molar-refractivity contribution in [3.05, 3.63) is 53.1 Å². The first kappa shape index (κ1) is 23.4. The van der Waals surface area contributed by atoms with Gasteiger partial charge in [-0.2, -0.15) is 0 Å². The zero-order valence-corrected chi connectivity index (χ0v) is 18.7. The first-order valence-electron chi connectivity index (χ1n) is 10.4. The average molecular weight is 443 g/mol. The second-order valence-corrected chi connectivity index (χ2v) is 8.00. The van der Waals surface area contributed by atoms with Gasteiger partial charge in [0.1, 0.15) is 17.2 Å². The molecule has 1 saturated heterocycles. The van der Waals surface area contributed by atoms with Crippen molar-refractivity contribution in [1.82, 2.24) is 4.90 Å². The Hall–Kier alpha value is -3.26. The second kappa shape index (κ2) is 9.91. The molecule has 0 aromatic heterocycles. The number of aromatic hydroxyl groups is 1. The van der Waals surface area contributed by atoms with Crippen LogP contribution in [0.1, 0.15) is 47.7 Å². The molecule has 0 bridgehead atoms. The van der Waals surface area contributed by atoms with Gasteiger partial charge >= 0.3 is 5.97 Å². The Morgan fingerprint density at radius 2 is 1.72 bits per heavy atom. The lowest BCUT2D eigenvalue weighted by molar-refractivity contribution is -0.143. The highest BCUT2D eigenvalue weighted by atomic mass is 16.5. The number of nitrogens with zero attached hydrogens (tertiary/aromatic N) is 1. The van der Waals surface area contributed by atoms with Gasteiger partial charge in [0.15, 0.2) is 0 Å². The van der Waals surface area contributed by atoms with Crippen LogP contribution in [0.2, 0.25) is 0 Å². The highest BCUT2D eigenvalue weighted by Gasteiger charge is 2.31. The summed E-state index contributed by atoms with van der Waals surface area (Å²) in [6, 6.07) is 9.42. The number of phenolic OH excluding ortho intramolecular Hbond substituents is 1. The van der Waals surface area contributed by atoms with E-state index in [4.69, 9.17) is 14.2 Å². The fourth-order valence-electron chi connectivity index (χ4n) is 4.15. The Kier molecular flexibility index (Phi) is 7.25. The van der Waals surface area contributed by atoms with Crippen molar-refractivity contribution in [3.8, 4) is 17.2 Å². The Balaban J connectivity index is 2.02. The zero-order valence-electron chi connectivity index (χ0n) is 18.7. The van der Waals surface area contributed by atoms with Gasteiger partial charge in [-0.1, -0.05) is 12.1 Å². The number of carbonyl (C=O) groups is 2. The third-order valence-electron chi connectivity index (χ3n) is 5.61. The normalized spacial score (nSPS) is 19.3. The second-order valence-electron chi connectivity index (χ2n) is 8.00. The lowest BCUT2D eigenvalue weighted by Gasteiger charge is -2.36. The Morgan fingerprint density at radius 3 is 2.25 bits per heavy atom. The van der Waals surface area contributed by atoms with Crippen LogP contribution in [-0.2, 0) is 9.53 Å². The number of phenols is 1. The van der Waals surface area contributed by atoms with E-state index in [9.17, 15) is 19.8 Å². The van der Waals surface area contributed by atoms with E-state index in [1.54, 1.807) is 23.1 Å². The summed E-state index contributed by atoms with van der Waals surface area (Å²) in [5.74, 6) is -0.942. The molecule has 0 saturated carbocycles. The summed E-state index contributed by atoms with van der Waals surface area (Å²) in [5, 5.41) is 20.1. The third kappa shape index (κ3) is 5.13. The predicted molar refractivity (Wildman–Crippen MR) is 118 cm³/mol. The Labute approximate surface area is 187 Å². The number of morpholine rings is 1. The molecule has 1 unspecified atom stereocenters. The summed E-state index contributed by atoms with van der Waals surface area (Å²) in [7, 11) is 2.97. The first-order valence-corrected chi connectivity index (χ1v) is 10.4. The van der Waals surface area contributed by atoms with Crippen molar-refractivity contribution in [2.24, 2.45) is 0 Å². The van der Waals surface area contributed by atoms with E-state index in [-0.39, 0.29) is 35.8 Å². The monoisotopic (exact) mass is 443 g/mol. The summed E-state index contributed by atoms with van der Waals surface area (Å²) in [4.78, 5) is 26.3. The van der Waals surface area contributed by atoms with Crippen molar-refractivity contribution < 1.29 is 34.0 Å². The molecular weight excluding hydrogens is 414 g/mol. The van der Waals surface area contributed by atoms with Crippen molar-refractivity contribution in [3.63, 3.8) is 0 Å². The molecule has 1 heterocycles. The van der Waals surface area contributed by atoms with Gasteiger partial charge in [-0.3, -0.25) is 4.79 Å². The number of ether oxygens (including phenoxy) is 3. The van der Waals surface area contributed by atoms with Gasteiger partial charge < -0.3 is 29.3 Å². The molecule has 8 heteroatoms. The maximum Gasteiger partial charge on any atom is 0.335 e. The van der Waals surface area contributed by atoms with E-state index >= 15 is 0 Å². The first-order chi connectivity index (χ1) is 15.2. The molecule has 1 aliphatic heterocycles. The largest absolute Gasteiger partial charge is 0.507 e. The molecule has 2 aromatic rings. The van der Waals surface area contributed by atoms with Gasteiger partial charge in [-0.05, 0) is 31.5 Å². The van der Waals surface area contributed by atoms with Gasteiger partial charge in [0, 0.05) is 43.1 Å². The number of amides is 1. The van der Waals surface area contributed by atoms with Crippen molar-refractivity contribution >= 4 is 11.9 Å². The number of carbonyl (C=O) groups excluding carboxylic acids is 1. The fourth-order valence-corrected chi connectivity index (χ4v) is 4.15. The molecule has 1 amide bonds. The minimum Gasteiger partial charge on any atom is -0.507 e. The number of methoxy groups -OCH3 is 2. The number of carboxylic acid groups (broad SMARTS) is 1. The van der Waals surface area contributed by atoms with Gasteiger partial charge in [0.2, 0.25) is 5.91 Å². The number of benzene rings is 2. The number of hydrogen-bond donors (Lipinski definition) is 2. The molecule has 1 fully saturated rings. The van der Waals surface area contributed by atoms with Crippen LogP contribution in [0.25, 0.3) is 0 Å². The molecule has 0 spiro atoms. The molecule has 172 valence electrons. The average Bonchev–Trinajstić information content (AvgIpc) is 2.76. The molecule has 3 atom stereocenters. The standard InChI is InChI=1S/C24H29NO7/c1-14-12-25(13-15(2)32-14)22(27)11-19(16-5-7-17(8-6-16)24(28)29)23-20(26)9-18(30-3)10-21(23)31-4/h5-10,14-15,19,26H,11-13H2,1-4H3,(H,28,29)/t14-,15+,19?. The van der Waals surface area contributed by atoms with Gasteiger partial charge in [-0.15, -0.1) is 0 Å². The topological polar surface area (TPSA) is 106 Å². The zero-order chi connectivity index (χ0) is 23.4. The van der Waals surface area contributed by atoms with Crippen LogP contribution in [-0.4, -0.2) is 66.5 Å². The quantitative estimate of drug-likeness (QED) is 0.677. The van der Waals surface area contributed by atoms with Crippen LogP contribution in [0.4, 0.5) is 0 Å². The summed E-state index contributed by atoms with van der Waals surface area (Å²) in [6.07, 6.45) is -0.0675. The van der Waals surface area contributed by atoms with E-state index in [2.05, 4.69) is 0 Å². The van der Waals surface area contributed by atoms with Crippen LogP contribution >= 0.6 is 0 Å².